The zero-order valence-electron chi connectivity index (χ0n) is 22.9. The van der Waals surface area contributed by atoms with Gasteiger partial charge in [0.1, 0.15) is 42.7 Å². The summed E-state index contributed by atoms with van der Waals surface area (Å²) in [7, 11) is -5.05. The van der Waals surface area contributed by atoms with E-state index in [4.69, 9.17) is 33.3 Å². The van der Waals surface area contributed by atoms with Crippen molar-refractivity contribution in [1.82, 2.24) is 34.5 Å². The van der Waals surface area contributed by atoms with Crippen LogP contribution in [0.15, 0.2) is 34.6 Å². The number of nitrogens with zero attached hydrogens (tertiary/aromatic N) is 5. The number of hydrogen-bond donors (Lipinski definition) is 7. The zero-order valence-corrected chi connectivity index (χ0v) is 25.6. The second-order valence-electron chi connectivity index (χ2n) is 10.4. The van der Waals surface area contributed by atoms with Crippen molar-refractivity contribution in [2.75, 3.05) is 18.9 Å². The number of thiol groups is 1. The third-order valence-corrected chi connectivity index (χ3v) is 10.2. The van der Waals surface area contributed by atoms with Gasteiger partial charge in [0.15, 0.2) is 17.4 Å². The van der Waals surface area contributed by atoms with E-state index in [1.165, 1.54) is 17.0 Å². The topological polar surface area (TPSA) is 298 Å². The Kier molecular flexibility index (Phi) is 7.90. The molecule has 7 rings (SSSR count). The molecule has 0 spiro atoms. The van der Waals surface area contributed by atoms with Gasteiger partial charge in [0, 0.05) is 18.0 Å². The first kappa shape index (κ1) is 31.5. The molecule has 0 amide bonds. The fourth-order valence-electron chi connectivity index (χ4n) is 5.51. The Balaban J connectivity index is 1.22. The first-order valence-electron chi connectivity index (χ1n) is 13.3. The van der Waals surface area contributed by atoms with Gasteiger partial charge in [0.25, 0.3) is 11.1 Å². The van der Waals surface area contributed by atoms with Gasteiger partial charge < -0.3 is 35.3 Å². The number of H-pyrrole nitrogens is 2. The monoisotopic (exact) mass is 702 g/mol. The molecule has 7 heterocycles. The fourth-order valence-corrected chi connectivity index (χ4v) is 7.93. The summed E-state index contributed by atoms with van der Waals surface area (Å²) in [4.78, 5) is 56.1. The number of nitrogens with two attached hydrogens (primary N) is 1. The zero-order chi connectivity index (χ0) is 32.5. The number of aromatic amines is 2. The van der Waals surface area contributed by atoms with E-state index < -0.39 is 87.9 Å². The van der Waals surface area contributed by atoms with Gasteiger partial charge in [-0.05, 0) is 0 Å². The number of ether oxygens (including phenoxy) is 2. The van der Waals surface area contributed by atoms with E-state index in [2.05, 4.69) is 42.2 Å². The summed E-state index contributed by atoms with van der Waals surface area (Å²) in [6, 6.07) is 0. The van der Waals surface area contributed by atoms with E-state index in [1.54, 1.807) is 0 Å². The number of phosphoric acid groups is 1. The summed E-state index contributed by atoms with van der Waals surface area (Å²) in [6.07, 6.45) is -7.24. The third-order valence-electron chi connectivity index (χ3n) is 7.57. The highest BCUT2D eigenvalue weighted by Crippen LogP contribution is 2.58. The summed E-state index contributed by atoms with van der Waals surface area (Å²) in [5.41, 5.74) is 4.55. The number of aliphatic hydroxyl groups excluding tert-OH is 2. The molecule has 2 bridgehead atoms. The number of aromatic nitrogens is 7. The first-order chi connectivity index (χ1) is 21.8. The molecule has 21 nitrogen and oxygen atoms in total. The number of phosphoric ester groups is 1. The third kappa shape index (κ3) is 5.59. The normalized spacial score (nSPS) is 37.0. The molecule has 10 atom stereocenters. The minimum Gasteiger partial charge on any atom is -0.387 e. The predicted octanol–water partition coefficient (Wildman–Crippen LogP) is -0.952. The summed E-state index contributed by atoms with van der Waals surface area (Å²) in [6.45, 7) is -5.91. The van der Waals surface area contributed by atoms with Crippen molar-refractivity contribution in [1.29, 1.82) is 0 Å². The Morgan fingerprint density at radius 2 is 1.76 bits per heavy atom. The van der Waals surface area contributed by atoms with Crippen LogP contribution in [0.4, 0.5) is 5.95 Å². The Bertz CT molecular complexity index is 2040. The number of anilines is 1. The summed E-state index contributed by atoms with van der Waals surface area (Å²) >= 11 is 4.04. The maximum atomic E-state index is 13.5. The van der Waals surface area contributed by atoms with Crippen molar-refractivity contribution < 1.29 is 51.8 Å². The summed E-state index contributed by atoms with van der Waals surface area (Å²) in [5.74, 6) is -0.257. The van der Waals surface area contributed by atoms with Crippen LogP contribution in [0.2, 0.25) is 0 Å². The van der Waals surface area contributed by atoms with Crippen LogP contribution in [-0.2, 0) is 36.7 Å². The lowest BCUT2D eigenvalue weighted by Gasteiger charge is -2.26. The lowest BCUT2D eigenvalue weighted by atomic mass is 10.0. The van der Waals surface area contributed by atoms with Crippen LogP contribution in [0, 0.1) is 0 Å². The van der Waals surface area contributed by atoms with Crippen LogP contribution in [0.3, 0.4) is 0 Å². The summed E-state index contributed by atoms with van der Waals surface area (Å²) < 4.78 is 61.2. The standard InChI is InChI=1S/C22H24N8O13P2S/c23-22-28-18-12(20(34)29-22)27-6-30(18)21-17-13(31)9(41-21)3-38-44(35,36)42-16-10(4-39-45(37,46)43-17)40-15(14(16)32)7-1-24-2-8-11(7)25-5-26-19(8)33/h1-2,5-6,9-10,13-17,21,31-32H,3-4H2,(H,35,36)(H,37,46)(H,25,26,33)(H3,23,28,29,34). The highest BCUT2D eigenvalue weighted by atomic mass is 32.7. The molecule has 246 valence electrons. The molecule has 3 aliphatic heterocycles. The van der Waals surface area contributed by atoms with Gasteiger partial charge >= 0.3 is 14.6 Å². The first-order valence-corrected chi connectivity index (χ1v) is 17.5. The molecule has 0 radical (unpaired) electrons. The quantitative estimate of drug-likeness (QED) is 0.0978. The van der Waals surface area contributed by atoms with Crippen LogP contribution < -0.4 is 16.9 Å². The molecule has 4 aromatic rings. The Morgan fingerprint density at radius 3 is 2.57 bits per heavy atom. The van der Waals surface area contributed by atoms with Crippen LogP contribution >= 0.6 is 26.9 Å². The number of imidazole rings is 1. The van der Waals surface area contributed by atoms with Crippen molar-refractivity contribution in [2.24, 2.45) is 0 Å². The van der Waals surface area contributed by atoms with Crippen LogP contribution in [-0.4, -0.2) is 99.4 Å². The summed E-state index contributed by atoms with van der Waals surface area (Å²) in [5, 5.41) is 22.4. The van der Waals surface area contributed by atoms with Crippen molar-refractivity contribution in [3.8, 4) is 0 Å². The number of pyridine rings is 1. The average molecular weight is 702 g/mol. The molecule has 3 aliphatic rings. The van der Waals surface area contributed by atoms with E-state index in [-0.39, 0.29) is 33.6 Å². The molecule has 0 saturated carbocycles. The minimum atomic E-state index is -5.05. The van der Waals surface area contributed by atoms with Gasteiger partial charge in [-0.3, -0.25) is 42.2 Å². The Hall–Kier alpha value is -3.11. The highest BCUT2D eigenvalue weighted by Gasteiger charge is 2.53. The van der Waals surface area contributed by atoms with Gasteiger partial charge in [-0.25, -0.2) is 19.1 Å². The number of aliphatic hydroxyl groups is 2. The van der Waals surface area contributed by atoms with Gasteiger partial charge in [0.2, 0.25) is 5.95 Å². The SMILES string of the molecule is Nc1nc2c(ncn2C2OC3COP(=O)(O)OC4C(COP(=O)(S)OC2C3O)OC(c2cncc3c(=O)[nH]cnc23)C4O)c(=O)[nH]1. The van der Waals surface area contributed by atoms with Crippen LogP contribution in [0.1, 0.15) is 17.9 Å². The van der Waals surface area contributed by atoms with E-state index >= 15 is 0 Å². The molecule has 0 aromatic carbocycles. The van der Waals surface area contributed by atoms with Crippen molar-refractivity contribution in [3.63, 3.8) is 0 Å². The molecule has 3 saturated heterocycles. The lowest BCUT2D eigenvalue weighted by molar-refractivity contribution is -0.0594. The fraction of sp³-hybridized carbons (Fsp3) is 0.455. The van der Waals surface area contributed by atoms with E-state index in [0.717, 1.165) is 12.7 Å². The number of nitrogen functional groups attached to an aromatic ring is 1. The minimum absolute atomic E-state index is 0.0799. The molecule has 24 heteroatoms. The number of hydrogen-bond acceptors (Lipinski definition) is 17. The maximum Gasteiger partial charge on any atom is 0.472 e. The molecule has 3 fully saturated rings. The van der Waals surface area contributed by atoms with E-state index in [9.17, 15) is 33.8 Å². The van der Waals surface area contributed by atoms with E-state index in [1.807, 2.05) is 0 Å². The molecular formula is C22H24N8O13P2S. The maximum absolute atomic E-state index is 13.5. The van der Waals surface area contributed by atoms with Gasteiger partial charge in [-0.2, -0.15) is 4.98 Å². The molecular weight excluding hydrogens is 678 g/mol. The highest BCUT2D eigenvalue weighted by molar-refractivity contribution is 8.44. The number of fused-ring (bicyclic) bond motifs is 5. The van der Waals surface area contributed by atoms with Gasteiger partial charge in [0.05, 0.1) is 36.8 Å². The number of rotatable bonds is 2. The smallest absolute Gasteiger partial charge is 0.387 e. The largest absolute Gasteiger partial charge is 0.472 e. The van der Waals surface area contributed by atoms with Crippen molar-refractivity contribution in [3.05, 3.63) is 51.3 Å². The molecule has 7 N–H and O–H groups in total. The van der Waals surface area contributed by atoms with Crippen LogP contribution in [0.25, 0.3) is 22.1 Å². The molecule has 4 aromatic heterocycles. The Morgan fingerprint density at radius 1 is 0.978 bits per heavy atom. The predicted molar refractivity (Wildman–Crippen MR) is 154 cm³/mol. The molecule has 0 aliphatic carbocycles. The second kappa shape index (κ2) is 11.5. The number of nitrogens with one attached hydrogen (secondary N) is 2. The van der Waals surface area contributed by atoms with Crippen LogP contribution in [0.5, 0.6) is 0 Å². The molecule has 10 unspecified atom stereocenters. The Labute approximate surface area is 260 Å². The molecule has 46 heavy (non-hydrogen) atoms. The van der Waals surface area contributed by atoms with E-state index in [0.29, 0.717) is 0 Å². The average Bonchev–Trinajstić information content (AvgIpc) is 3.64. The lowest BCUT2D eigenvalue weighted by Crippen LogP contribution is -2.35. The second-order valence-corrected chi connectivity index (χ2v) is 14.7. The van der Waals surface area contributed by atoms with Crippen molar-refractivity contribution in [2.45, 2.75) is 49.0 Å². The van der Waals surface area contributed by atoms with Gasteiger partial charge in [-0.15, -0.1) is 0 Å². The van der Waals surface area contributed by atoms with Crippen molar-refractivity contribution >= 4 is 54.9 Å². The van der Waals surface area contributed by atoms with Gasteiger partial charge in [-0.1, -0.05) is 12.2 Å².